The van der Waals surface area contributed by atoms with E-state index in [9.17, 15) is 14.4 Å². The SMILES string of the molecule is Cc1ccc2c3c1C(=O)C(=O)N3C(C)(C)C=C2CN1CCN(C(=O)c2ccccc2)CC1. The average molecular weight is 430 g/mol. The van der Waals surface area contributed by atoms with Gasteiger partial charge in [-0.2, -0.15) is 0 Å². The number of benzene rings is 2. The molecule has 1 fully saturated rings. The summed E-state index contributed by atoms with van der Waals surface area (Å²) in [6.07, 6.45) is 2.12. The topological polar surface area (TPSA) is 60.9 Å². The van der Waals surface area contributed by atoms with Gasteiger partial charge in [0.15, 0.2) is 0 Å². The number of piperazine rings is 1. The lowest BCUT2D eigenvalue weighted by Crippen LogP contribution is -2.50. The van der Waals surface area contributed by atoms with Gasteiger partial charge in [-0.3, -0.25) is 24.2 Å². The van der Waals surface area contributed by atoms with E-state index in [-0.39, 0.29) is 5.91 Å². The monoisotopic (exact) mass is 429 g/mol. The van der Waals surface area contributed by atoms with Crippen molar-refractivity contribution in [2.24, 2.45) is 0 Å². The molecule has 2 aromatic carbocycles. The van der Waals surface area contributed by atoms with Crippen molar-refractivity contribution in [2.75, 3.05) is 37.6 Å². The number of nitrogens with zero attached hydrogens (tertiary/aromatic N) is 3. The van der Waals surface area contributed by atoms with Gasteiger partial charge in [-0.05, 0) is 44.0 Å². The van der Waals surface area contributed by atoms with Crippen LogP contribution in [0.2, 0.25) is 0 Å². The number of carbonyl (C=O) groups excluding carboxylic acids is 3. The van der Waals surface area contributed by atoms with E-state index in [2.05, 4.69) is 11.0 Å². The zero-order valence-corrected chi connectivity index (χ0v) is 18.7. The first-order valence-electron chi connectivity index (χ1n) is 11.1. The third-order valence-corrected chi connectivity index (χ3v) is 6.76. The Labute approximate surface area is 188 Å². The summed E-state index contributed by atoms with van der Waals surface area (Å²) in [5.41, 5.74) is 4.40. The van der Waals surface area contributed by atoms with Crippen molar-refractivity contribution >= 4 is 28.9 Å². The van der Waals surface area contributed by atoms with Gasteiger partial charge in [0.2, 0.25) is 0 Å². The summed E-state index contributed by atoms with van der Waals surface area (Å²) in [6.45, 7) is 9.50. The molecule has 0 N–H and O–H groups in total. The number of carbonyl (C=O) groups is 3. The van der Waals surface area contributed by atoms with Crippen LogP contribution in [-0.4, -0.2) is 65.7 Å². The molecule has 2 amide bonds. The predicted octanol–water partition coefficient (Wildman–Crippen LogP) is 3.16. The number of hydrogen-bond donors (Lipinski definition) is 0. The summed E-state index contributed by atoms with van der Waals surface area (Å²) >= 11 is 0. The number of Topliss-reactive ketones (excluding diaryl/α,β-unsaturated/α-hetero) is 1. The largest absolute Gasteiger partial charge is 0.336 e. The number of aryl methyl sites for hydroxylation is 1. The van der Waals surface area contributed by atoms with Crippen molar-refractivity contribution < 1.29 is 14.4 Å². The molecule has 6 nitrogen and oxygen atoms in total. The Bertz CT molecular complexity index is 1160. The second-order valence-corrected chi connectivity index (χ2v) is 9.38. The van der Waals surface area contributed by atoms with Crippen LogP contribution in [0.25, 0.3) is 5.57 Å². The van der Waals surface area contributed by atoms with E-state index >= 15 is 0 Å². The Kier molecular flexibility index (Phi) is 4.78. The first-order valence-corrected chi connectivity index (χ1v) is 11.1. The smallest absolute Gasteiger partial charge is 0.300 e. The molecule has 0 bridgehead atoms. The van der Waals surface area contributed by atoms with Crippen LogP contribution < -0.4 is 4.90 Å². The molecule has 32 heavy (non-hydrogen) atoms. The fourth-order valence-electron chi connectivity index (χ4n) is 5.14. The molecule has 0 unspecified atom stereocenters. The van der Waals surface area contributed by atoms with Gasteiger partial charge in [0.25, 0.3) is 17.6 Å². The van der Waals surface area contributed by atoms with Gasteiger partial charge in [0, 0.05) is 43.9 Å². The zero-order valence-electron chi connectivity index (χ0n) is 18.7. The van der Waals surface area contributed by atoms with Crippen LogP contribution in [0.4, 0.5) is 5.69 Å². The number of amides is 2. The van der Waals surface area contributed by atoms with Crippen molar-refractivity contribution in [3.63, 3.8) is 0 Å². The molecule has 0 aromatic heterocycles. The summed E-state index contributed by atoms with van der Waals surface area (Å²) in [6, 6.07) is 13.4. The molecule has 5 rings (SSSR count). The molecular weight excluding hydrogens is 402 g/mol. The Hall–Kier alpha value is -3.25. The van der Waals surface area contributed by atoms with Crippen LogP contribution in [-0.2, 0) is 4.79 Å². The normalized spacial score (nSPS) is 19.8. The highest BCUT2D eigenvalue weighted by Gasteiger charge is 2.47. The van der Waals surface area contributed by atoms with E-state index in [0.717, 1.165) is 47.6 Å². The predicted molar refractivity (Wildman–Crippen MR) is 124 cm³/mol. The third kappa shape index (κ3) is 3.17. The van der Waals surface area contributed by atoms with Gasteiger partial charge in [-0.15, -0.1) is 0 Å². The molecule has 1 saturated heterocycles. The van der Waals surface area contributed by atoms with Crippen LogP contribution in [0.3, 0.4) is 0 Å². The summed E-state index contributed by atoms with van der Waals surface area (Å²) in [5, 5.41) is 0. The number of anilines is 1. The summed E-state index contributed by atoms with van der Waals surface area (Å²) < 4.78 is 0. The summed E-state index contributed by atoms with van der Waals surface area (Å²) in [5.74, 6) is -0.772. The lowest BCUT2D eigenvalue weighted by Gasteiger charge is -2.41. The minimum Gasteiger partial charge on any atom is -0.336 e. The maximum absolute atomic E-state index is 12.8. The van der Waals surface area contributed by atoms with Crippen LogP contribution in [0.15, 0.2) is 48.5 Å². The van der Waals surface area contributed by atoms with E-state index in [0.29, 0.717) is 18.7 Å². The fraction of sp³-hybridized carbons (Fsp3) is 0.346. The van der Waals surface area contributed by atoms with E-state index < -0.39 is 17.2 Å². The Morgan fingerprint density at radius 3 is 2.34 bits per heavy atom. The average Bonchev–Trinajstić information content (AvgIpc) is 3.06. The van der Waals surface area contributed by atoms with Crippen LogP contribution in [0, 0.1) is 6.92 Å². The van der Waals surface area contributed by atoms with E-state index in [1.807, 2.05) is 68.1 Å². The maximum Gasteiger partial charge on any atom is 0.300 e. The molecule has 6 heteroatoms. The molecule has 0 aliphatic carbocycles. The second kappa shape index (κ2) is 7.41. The minimum atomic E-state index is -0.570. The van der Waals surface area contributed by atoms with Gasteiger partial charge < -0.3 is 4.90 Å². The van der Waals surface area contributed by atoms with E-state index in [1.165, 1.54) is 0 Å². The van der Waals surface area contributed by atoms with E-state index in [1.54, 1.807) is 4.90 Å². The molecule has 0 atom stereocenters. The first-order chi connectivity index (χ1) is 15.3. The highest BCUT2D eigenvalue weighted by Crippen LogP contribution is 2.46. The number of ketones is 1. The summed E-state index contributed by atoms with van der Waals surface area (Å²) in [7, 11) is 0. The molecule has 3 aliphatic heterocycles. The lowest BCUT2D eigenvalue weighted by molar-refractivity contribution is -0.115. The number of hydrogen-bond acceptors (Lipinski definition) is 4. The zero-order chi connectivity index (χ0) is 22.6. The maximum atomic E-state index is 12.8. The second-order valence-electron chi connectivity index (χ2n) is 9.38. The standard InChI is InChI=1S/C26H27N3O3/c1-17-9-10-20-19(15-26(2,3)29-22(20)21(17)23(30)25(29)32)16-27-11-13-28(14-12-27)24(31)18-7-5-4-6-8-18/h4-10,15H,11-14,16H2,1-3H3. The Balaban J connectivity index is 1.36. The number of rotatable bonds is 3. The van der Waals surface area contributed by atoms with Gasteiger partial charge >= 0.3 is 0 Å². The van der Waals surface area contributed by atoms with Crippen molar-refractivity contribution in [1.82, 2.24) is 9.80 Å². The van der Waals surface area contributed by atoms with Crippen LogP contribution >= 0.6 is 0 Å². The lowest BCUT2D eigenvalue weighted by atomic mass is 9.87. The van der Waals surface area contributed by atoms with Gasteiger partial charge in [0.1, 0.15) is 0 Å². The van der Waals surface area contributed by atoms with E-state index in [4.69, 9.17) is 0 Å². The Morgan fingerprint density at radius 1 is 0.969 bits per heavy atom. The summed E-state index contributed by atoms with van der Waals surface area (Å²) in [4.78, 5) is 44.1. The quantitative estimate of drug-likeness (QED) is 0.704. The van der Waals surface area contributed by atoms with Crippen molar-refractivity contribution in [3.05, 3.63) is 70.8 Å². The molecule has 164 valence electrons. The van der Waals surface area contributed by atoms with Crippen molar-refractivity contribution in [1.29, 1.82) is 0 Å². The minimum absolute atomic E-state index is 0.0762. The highest BCUT2D eigenvalue weighted by molar-refractivity contribution is 6.53. The molecule has 3 aliphatic rings. The molecule has 3 heterocycles. The molecule has 2 aromatic rings. The van der Waals surface area contributed by atoms with Crippen molar-refractivity contribution in [3.8, 4) is 0 Å². The van der Waals surface area contributed by atoms with Crippen molar-refractivity contribution in [2.45, 2.75) is 26.3 Å². The van der Waals surface area contributed by atoms with Gasteiger partial charge in [-0.25, -0.2) is 0 Å². The molecule has 0 saturated carbocycles. The third-order valence-electron chi connectivity index (χ3n) is 6.76. The first kappa shape index (κ1) is 20.6. The van der Waals surface area contributed by atoms with Gasteiger partial charge in [0.05, 0.1) is 16.8 Å². The fourth-order valence-corrected chi connectivity index (χ4v) is 5.14. The van der Waals surface area contributed by atoms with Gasteiger partial charge in [-0.1, -0.05) is 36.4 Å². The van der Waals surface area contributed by atoms with Crippen LogP contribution in [0.1, 0.15) is 45.7 Å². The molecule has 0 radical (unpaired) electrons. The highest BCUT2D eigenvalue weighted by atomic mass is 16.2. The molecule has 0 spiro atoms. The van der Waals surface area contributed by atoms with Crippen LogP contribution in [0.5, 0.6) is 0 Å². The Morgan fingerprint density at radius 2 is 1.66 bits per heavy atom. The molecular formula is C26H27N3O3.